The van der Waals surface area contributed by atoms with Gasteiger partial charge in [0.2, 0.25) is 0 Å². The lowest BCUT2D eigenvalue weighted by atomic mass is 9.84. The molecular formula is C25H27N3O2. The van der Waals surface area contributed by atoms with Crippen LogP contribution in [0.1, 0.15) is 53.9 Å². The molecule has 1 aliphatic rings. The molecule has 5 heteroatoms. The molecule has 0 bridgehead atoms. The standard InChI is InChI=1S/C25H27N3O2/c1-28(21-13-9-19(10-14-21)18-6-3-2-4-7-18)22-15-11-20(12-16-22)27-24-23(25(29)30)8-5-17-26-24/h5,8-18H,2-4,6-7H2,1H3,(H,26,27)(H,29,30). The zero-order valence-electron chi connectivity index (χ0n) is 17.2. The number of pyridine rings is 1. The molecule has 0 aliphatic heterocycles. The molecular weight excluding hydrogens is 374 g/mol. The summed E-state index contributed by atoms with van der Waals surface area (Å²) in [6, 6.07) is 20.0. The number of anilines is 4. The van der Waals surface area contributed by atoms with E-state index in [1.165, 1.54) is 43.7 Å². The number of carbonyl (C=O) groups is 1. The monoisotopic (exact) mass is 401 g/mol. The van der Waals surface area contributed by atoms with Crippen LogP contribution in [-0.4, -0.2) is 23.1 Å². The Bertz CT molecular complexity index is 994. The van der Waals surface area contributed by atoms with Crippen molar-refractivity contribution in [3.8, 4) is 0 Å². The Labute approximate surface area is 177 Å². The predicted octanol–water partition coefficient (Wildman–Crippen LogP) is 6.34. The highest BCUT2D eigenvalue weighted by Gasteiger charge is 2.16. The van der Waals surface area contributed by atoms with Gasteiger partial charge in [0.25, 0.3) is 0 Å². The molecule has 3 aromatic rings. The second kappa shape index (κ2) is 8.99. The van der Waals surface area contributed by atoms with E-state index in [0.717, 1.165) is 17.1 Å². The van der Waals surface area contributed by atoms with Gasteiger partial charge in [0.1, 0.15) is 11.4 Å². The Kier molecular flexibility index (Phi) is 5.98. The molecule has 1 aliphatic carbocycles. The van der Waals surface area contributed by atoms with Gasteiger partial charge in [0.05, 0.1) is 0 Å². The molecule has 5 nitrogen and oxygen atoms in total. The largest absolute Gasteiger partial charge is 0.478 e. The third-order valence-electron chi connectivity index (χ3n) is 5.91. The number of rotatable bonds is 6. The van der Waals surface area contributed by atoms with Crippen LogP contribution in [0.25, 0.3) is 0 Å². The molecule has 30 heavy (non-hydrogen) atoms. The summed E-state index contributed by atoms with van der Waals surface area (Å²) in [6.45, 7) is 0. The highest BCUT2D eigenvalue weighted by molar-refractivity contribution is 5.93. The van der Waals surface area contributed by atoms with Crippen LogP contribution in [0, 0.1) is 0 Å². The van der Waals surface area contributed by atoms with Crippen molar-refractivity contribution < 1.29 is 9.90 Å². The van der Waals surface area contributed by atoms with Gasteiger partial charge in [-0.15, -0.1) is 0 Å². The maximum Gasteiger partial charge on any atom is 0.339 e. The molecule has 0 unspecified atom stereocenters. The Morgan fingerprint density at radius 2 is 1.60 bits per heavy atom. The highest BCUT2D eigenvalue weighted by Crippen LogP contribution is 2.34. The minimum atomic E-state index is -1.00. The quantitative estimate of drug-likeness (QED) is 0.504. The van der Waals surface area contributed by atoms with Gasteiger partial charge in [-0.25, -0.2) is 9.78 Å². The fourth-order valence-electron chi connectivity index (χ4n) is 4.14. The fourth-order valence-corrected chi connectivity index (χ4v) is 4.14. The van der Waals surface area contributed by atoms with Crippen molar-refractivity contribution in [2.75, 3.05) is 17.3 Å². The Morgan fingerprint density at radius 3 is 2.23 bits per heavy atom. The zero-order chi connectivity index (χ0) is 20.9. The Hall–Kier alpha value is -3.34. The number of aromatic nitrogens is 1. The summed E-state index contributed by atoms with van der Waals surface area (Å²) in [5.41, 5.74) is 4.60. The van der Waals surface area contributed by atoms with E-state index < -0.39 is 5.97 Å². The van der Waals surface area contributed by atoms with E-state index in [-0.39, 0.29) is 5.56 Å². The van der Waals surface area contributed by atoms with Crippen LogP contribution in [0.5, 0.6) is 0 Å². The van der Waals surface area contributed by atoms with E-state index in [1.807, 2.05) is 24.3 Å². The average molecular weight is 402 g/mol. The van der Waals surface area contributed by atoms with E-state index in [1.54, 1.807) is 12.3 Å². The number of aromatic carboxylic acids is 1. The fraction of sp³-hybridized carbons (Fsp3) is 0.280. The normalized spacial score (nSPS) is 14.3. The molecule has 2 N–H and O–H groups in total. The Morgan fingerprint density at radius 1 is 0.967 bits per heavy atom. The van der Waals surface area contributed by atoms with Gasteiger partial charge in [-0.05, 0) is 72.9 Å². The van der Waals surface area contributed by atoms with Crippen LogP contribution in [0.2, 0.25) is 0 Å². The first kappa shape index (κ1) is 20.0. The summed E-state index contributed by atoms with van der Waals surface area (Å²) < 4.78 is 0. The molecule has 154 valence electrons. The lowest BCUT2D eigenvalue weighted by Crippen LogP contribution is -2.10. The lowest BCUT2D eigenvalue weighted by molar-refractivity contribution is 0.0697. The minimum absolute atomic E-state index is 0.150. The molecule has 0 atom stereocenters. The SMILES string of the molecule is CN(c1ccc(Nc2ncccc2C(=O)O)cc1)c1ccc(C2CCCCC2)cc1. The van der Waals surface area contributed by atoms with Crippen LogP contribution < -0.4 is 10.2 Å². The van der Waals surface area contributed by atoms with Gasteiger partial charge in [0, 0.05) is 30.3 Å². The van der Waals surface area contributed by atoms with E-state index >= 15 is 0 Å². The average Bonchev–Trinajstić information content (AvgIpc) is 2.80. The van der Waals surface area contributed by atoms with Gasteiger partial charge < -0.3 is 15.3 Å². The van der Waals surface area contributed by atoms with E-state index in [4.69, 9.17) is 0 Å². The molecule has 1 aromatic heterocycles. The third kappa shape index (κ3) is 4.46. The number of benzene rings is 2. The first-order valence-electron chi connectivity index (χ1n) is 10.5. The van der Waals surface area contributed by atoms with Gasteiger partial charge in [-0.1, -0.05) is 31.4 Å². The maximum atomic E-state index is 11.4. The summed E-state index contributed by atoms with van der Waals surface area (Å²) in [5, 5.41) is 12.4. The Balaban J connectivity index is 1.45. The number of hydrogen-bond donors (Lipinski definition) is 2. The van der Waals surface area contributed by atoms with Crippen molar-refractivity contribution in [1.29, 1.82) is 0 Å². The van der Waals surface area contributed by atoms with Gasteiger partial charge >= 0.3 is 5.97 Å². The molecule has 0 amide bonds. The molecule has 1 fully saturated rings. The van der Waals surface area contributed by atoms with Crippen molar-refractivity contribution in [1.82, 2.24) is 4.98 Å². The van der Waals surface area contributed by atoms with E-state index in [0.29, 0.717) is 11.7 Å². The third-order valence-corrected chi connectivity index (χ3v) is 5.91. The van der Waals surface area contributed by atoms with Gasteiger partial charge in [-0.2, -0.15) is 0 Å². The topological polar surface area (TPSA) is 65.5 Å². The number of nitrogens with one attached hydrogen (secondary N) is 1. The smallest absolute Gasteiger partial charge is 0.339 e. The molecule has 1 heterocycles. The summed E-state index contributed by atoms with van der Waals surface area (Å²) in [4.78, 5) is 17.6. The molecule has 2 aromatic carbocycles. The summed E-state index contributed by atoms with van der Waals surface area (Å²) in [6.07, 6.45) is 8.26. The first-order chi connectivity index (χ1) is 14.6. The van der Waals surface area contributed by atoms with Crippen LogP contribution in [0.3, 0.4) is 0 Å². The summed E-state index contributed by atoms with van der Waals surface area (Å²) in [7, 11) is 2.05. The maximum absolute atomic E-state index is 11.4. The van der Waals surface area contributed by atoms with Crippen molar-refractivity contribution in [2.45, 2.75) is 38.0 Å². The van der Waals surface area contributed by atoms with Gasteiger partial charge in [0.15, 0.2) is 0 Å². The van der Waals surface area contributed by atoms with Crippen molar-refractivity contribution >= 4 is 28.8 Å². The number of nitrogens with zero attached hydrogens (tertiary/aromatic N) is 2. The minimum Gasteiger partial charge on any atom is -0.478 e. The zero-order valence-corrected chi connectivity index (χ0v) is 17.2. The van der Waals surface area contributed by atoms with Crippen LogP contribution in [0.4, 0.5) is 22.9 Å². The summed E-state index contributed by atoms with van der Waals surface area (Å²) in [5.74, 6) is 0.0498. The van der Waals surface area contributed by atoms with Gasteiger partial charge in [-0.3, -0.25) is 0 Å². The van der Waals surface area contributed by atoms with Crippen molar-refractivity contribution in [3.05, 3.63) is 78.0 Å². The van der Waals surface area contributed by atoms with Crippen LogP contribution in [0.15, 0.2) is 66.9 Å². The molecule has 0 radical (unpaired) electrons. The summed E-state index contributed by atoms with van der Waals surface area (Å²) >= 11 is 0. The molecule has 1 saturated carbocycles. The van der Waals surface area contributed by atoms with Crippen molar-refractivity contribution in [3.63, 3.8) is 0 Å². The van der Waals surface area contributed by atoms with E-state index in [9.17, 15) is 9.90 Å². The molecule has 0 spiro atoms. The number of hydrogen-bond acceptors (Lipinski definition) is 4. The molecule has 0 saturated heterocycles. The number of carboxylic acids is 1. The molecule has 4 rings (SSSR count). The first-order valence-corrected chi connectivity index (χ1v) is 10.5. The lowest BCUT2D eigenvalue weighted by Gasteiger charge is -2.24. The van der Waals surface area contributed by atoms with Crippen molar-refractivity contribution in [2.24, 2.45) is 0 Å². The predicted molar refractivity (Wildman–Crippen MR) is 121 cm³/mol. The van der Waals surface area contributed by atoms with Crippen LogP contribution in [-0.2, 0) is 0 Å². The number of carboxylic acid groups (broad SMARTS) is 1. The van der Waals surface area contributed by atoms with E-state index in [2.05, 4.69) is 46.5 Å². The second-order valence-electron chi connectivity index (χ2n) is 7.86. The van der Waals surface area contributed by atoms with Crippen LogP contribution >= 0.6 is 0 Å². The second-order valence-corrected chi connectivity index (χ2v) is 7.86. The highest BCUT2D eigenvalue weighted by atomic mass is 16.4.